The van der Waals surface area contributed by atoms with Gasteiger partial charge in [-0.05, 0) is 44.0 Å². The maximum absolute atomic E-state index is 15.1. The van der Waals surface area contributed by atoms with Gasteiger partial charge in [-0.3, -0.25) is 9.78 Å². The van der Waals surface area contributed by atoms with Gasteiger partial charge in [0.25, 0.3) is 0 Å². The zero-order valence-electron chi connectivity index (χ0n) is 17.7. The summed E-state index contributed by atoms with van der Waals surface area (Å²) in [4.78, 5) is 21.2. The minimum atomic E-state index is -1.11. The van der Waals surface area contributed by atoms with E-state index < -0.39 is 11.6 Å². The van der Waals surface area contributed by atoms with Gasteiger partial charge in [-0.15, -0.1) is 0 Å². The topological polar surface area (TPSA) is 96.6 Å². The van der Waals surface area contributed by atoms with E-state index >= 15 is 4.39 Å². The Bertz CT molecular complexity index is 1420. The summed E-state index contributed by atoms with van der Waals surface area (Å²) in [5.41, 5.74) is 4.30. The average molecular weight is 465 g/mol. The van der Waals surface area contributed by atoms with Gasteiger partial charge in [0.05, 0.1) is 22.0 Å². The van der Waals surface area contributed by atoms with Crippen molar-refractivity contribution in [2.24, 2.45) is 0 Å². The van der Waals surface area contributed by atoms with Crippen molar-refractivity contribution in [1.82, 2.24) is 19.7 Å². The van der Waals surface area contributed by atoms with Crippen LogP contribution in [0, 0.1) is 24.0 Å². The quantitative estimate of drug-likeness (QED) is 0.428. The predicted octanol–water partition coefficient (Wildman–Crippen LogP) is 4.70. The summed E-state index contributed by atoms with van der Waals surface area (Å²) in [6, 6.07) is 6.53. The Hall–Kier alpha value is -3.79. The molecular formula is C23H18F2N6OS. The Labute approximate surface area is 191 Å². The van der Waals surface area contributed by atoms with Crippen molar-refractivity contribution in [2.75, 3.05) is 5.32 Å². The molecular weight excluding hydrogens is 446 g/mol. The third-order valence-electron chi connectivity index (χ3n) is 5.45. The van der Waals surface area contributed by atoms with Crippen molar-refractivity contribution in [3.8, 4) is 27.5 Å². The highest BCUT2D eigenvalue weighted by atomic mass is 32.1. The highest BCUT2D eigenvalue weighted by Gasteiger charge is 2.31. The lowest BCUT2D eigenvalue weighted by Gasteiger charge is -2.15. The van der Waals surface area contributed by atoms with Crippen molar-refractivity contribution in [3.05, 3.63) is 64.6 Å². The molecule has 0 spiro atoms. The third kappa shape index (κ3) is 3.52. The minimum Gasteiger partial charge on any atom is -0.308 e. The summed E-state index contributed by atoms with van der Waals surface area (Å²) in [6.45, 7) is 3.29. The van der Waals surface area contributed by atoms with Gasteiger partial charge in [-0.2, -0.15) is 5.10 Å². The van der Waals surface area contributed by atoms with Crippen LogP contribution >= 0.6 is 11.3 Å². The number of carbonyl (C=O) groups excluding carboxylic acids is 1. The molecule has 2 N–H and O–H groups in total. The van der Waals surface area contributed by atoms with Crippen molar-refractivity contribution in [1.29, 1.82) is 5.41 Å². The largest absolute Gasteiger partial charge is 0.308 e. The Balaban J connectivity index is 1.77. The summed E-state index contributed by atoms with van der Waals surface area (Å²) in [6.07, 6.45) is 3.70. The van der Waals surface area contributed by atoms with Crippen LogP contribution < -0.4 is 5.32 Å². The molecule has 0 bridgehead atoms. The second kappa shape index (κ2) is 7.96. The van der Waals surface area contributed by atoms with Gasteiger partial charge in [-0.1, -0.05) is 11.3 Å². The number of anilines is 1. The van der Waals surface area contributed by atoms with Crippen LogP contribution in [-0.4, -0.2) is 31.9 Å². The van der Waals surface area contributed by atoms with E-state index in [0.29, 0.717) is 29.4 Å². The van der Waals surface area contributed by atoms with Crippen LogP contribution in [0.25, 0.3) is 27.5 Å². The van der Waals surface area contributed by atoms with Gasteiger partial charge in [0.1, 0.15) is 5.69 Å². The maximum atomic E-state index is 15.1. The van der Waals surface area contributed by atoms with E-state index in [1.807, 2.05) is 19.1 Å². The summed E-state index contributed by atoms with van der Waals surface area (Å²) in [5.74, 6) is -2.44. The van der Waals surface area contributed by atoms with E-state index in [1.165, 1.54) is 35.1 Å². The Morgan fingerprint density at radius 1 is 1.21 bits per heavy atom. The van der Waals surface area contributed by atoms with Gasteiger partial charge in [0.2, 0.25) is 5.91 Å². The molecule has 0 fully saturated rings. The molecule has 1 aliphatic carbocycles. The van der Waals surface area contributed by atoms with Crippen molar-refractivity contribution in [3.63, 3.8) is 0 Å². The fourth-order valence-electron chi connectivity index (χ4n) is 3.92. The Morgan fingerprint density at radius 3 is 2.73 bits per heavy atom. The SMILES string of the molecule is CC(=O)Nc1nc2c(s1)-c1c(c(-c3ccc(C)nc3)nn1-c1ccc(C=N)c(F)c1F)CC2. The molecule has 5 rings (SSSR count). The molecule has 3 heterocycles. The number of carbonyl (C=O) groups is 1. The lowest BCUT2D eigenvalue weighted by Crippen LogP contribution is -2.09. The second-order valence-electron chi connectivity index (χ2n) is 7.70. The number of pyridine rings is 1. The van der Waals surface area contributed by atoms with Gasteiger partial charge in [-0.25, -0.2) is 18.4 Å². The van der Waals surface area contributed by atoms with Crippen LogP contribution in [0.5, 0.6) is 0 Å². The highest BCUT2D eigenvalue weighted by Crippen LogP contribution is 2.44. The van der Waals surface area contributed by atoms with Crippen LogP contribution in [0.2, 0.25) is 0 Å². The highest BCUT2D eigenvalue weighted by molar-refractivity contribution is 7.19. The molecule has 0 unspecified atom stereocenters. The molecule has 10 heteroatoms. The van der Waals surface area contributed by atoms with E-state index in [1.54, 1.807) is 6.20 Å². The van der Waals surface area contributed by atoms with Gasteiger partial charge in [0, 0.05) is 41.7 Å². The van der Waals surface area contributed by atoms with Crippen molar-refractivity contribution < 1.29 is 13.6 Å². The number of nitrogens with one attached hydrogen (secondary N) is 2. The summed E-state index contributed by atoms with van der Waals surface area (Å²) in [7, 11) is 0. The average Bonchev–Trinajstić information content (AvgIpc) is 3.36. The van der Waals surface area contributed by atoms with E-state index in [-0.39, 0.29) is 17.2 Å². The molecule has 4 aromatic rings. The summed E-state index contributed by atoms with van der Waals surface area (Å²) < 4.78 is 31.1. The Morgan fingerprint density at radius 2 is 2.03 bits per heavy atom. The first-order valence-electron chi connectivity index (χ1n) is 10.2. The van der Waals surface area contributed by atoms with Crippen LogP contribution in [0.1, 0.15) is 29.4 Å². The number of nitrogens with zero attached hydrogens (tertiary/aromatic N) is 4. The van der Waals surface area contributed by atoms with Crippen molar-refractivity contribution in [2.45, 2.75) is 26.7 Å². The molecule has 0 saturated carbocycles. The number of benzene rings is 1. The number of aryl methyl sites for hydroxylation is 2. The molecule has 0 radical (unpaired) electrons. The third-order valence-corrected chi connectivity index (χ3v) is 6.47. The normalized spacial score (nSPS) is 12.2. The number of aromatic nitrogens is 4. The summed E-state index contributed by atoms with van der Waals surface area (Å²) >= 11 is 1.27. The molecule has 0 aliphatic heterocycles. The molecule has 0 atom stereocenters. The van der Waals surface area contributed by atoms with E-state index in [9.17, 15) is 9.18 Å². The van der Waals surface area contributed by atoms with Crippen LogP contribution in [0.3, 0.4) is 0 Å². The first-order valence-corrected chi connectivity index (χ1v) is 11.0. The lowest BCUT2D eigenvalue weighted by atomic mass is 9.95. The fraction of sp³-hybridized carbons (Fsp3) is 0.174. The second-order valence-corrected chi connectivity index (χ2v) is 8.70. The monoisotopic (exact) mass is 464 g/mol. The van der Waals surface area contributed by atoms with Crippen molar-refractivity contribution >= 4 is 28.6 Å². The smallest absolute Gasteiger partial charge is 0.223 e. The first-order chi connectivity index (χ1) is 15.9. The van der Waals surface area contributed by atoms with Crippen LogP contribution in [-0.2, 0) is 17.6 Å². The van der Waals surface area contributed by atoms with E-state index in [0.717, 1.165) is 33.6 Å². The molecule has 1 aliphatic rings. The fourth-order valence-corrected chi connectivity index (χ4v) is 5.03. The predicted molar refractivity (Wildman–Crippen MR) is 122 cm³/mol. The van der Waals surface area contributed by atoms with Crippen LogP contribution in [0.15, 0.2) is 30.5 Å². The number of thiazole rings is 1. The maximum Gasteiger partial charge on any atom is 0.223 e. The zero-order valence-corrected chi connectivity index (χ0v) is 18.6. The number of hydrogen-bond donors (Lipinski definition) is 2. The molecule has 7 nitrogen and oxygen atoms in total. The van der Waals surface area contributed by atoms with E-state index in [4.69, 9.17) is 10.5 Å². The number of amides is 1. The van der Waals surface area contributed by atoms with Gasteiger partial charge < -0.3 is 10.7 Å². The standard InChI is InChI=1S/C23H18F2N6OS/c1-11-3-4-14(10-27-11)20-15-6-7-16-22(33-23(29-16)28-12(2)32)21(15)31(30-20)17-8-5-13(9-26)18(24)19(17)25/h3-5,8-10,26H,6-7H2,1-2H3,(H,28,29,32). The number of hydrogen-bond acceptors (Lipinski definition) is 6. The Kier molecular flexibility index (Phi) is 5.09. The zero-order chi connectivity index (χ0) is 23.3. The van der Waals surface area contributed by atoms with Crippen LogP contribution in [0.4, 0.5) is 13.9 Å². The lowest BCUT2D eigenvalue weighted by molar-refractivity contribution is -0.114. The minimum absolute atomic E-state index is 0.0667. The molecule has 1 amide bonds. The molecule has 33 heavy (non-hydrogen) atoms. The molecule has 166 valence electrons. The number of halogens is 2. The van der Waals surface area contributed by atoms with Gasteiger partial charge in [0.15, 0.2) is 16.8 Å². The number of fused-ring (bicyclic) bond motifs is 3. The van der Waals surface area contributed by atoms with E-state index in [2.05, 4.69) is 15.3 Å². The molecule has 1 aromatic carbocycles. The summed E-state index contributed by atoms with van der Waals surface area (Å²) in [5, 5.41) is 15.1. The molecule has 3 aromatic heterocycles. The van der Waals surface area contributed by atoms with Gasteiger partial charge >= 0.3 is 0 Å². The number of rotatable bonds is 4. The first kappa shape index (κ1) is 21.1. The molecule has 0 saturated heterocycles.